The molecule has 142 valence electrons. The summed E-state index contributed by atoms with van der Waals surface area (Å²) in [6.45, 7) is 4.27. The highest BCUT2D eigenvalue weighted by atomic mass is 16.5. The Morgan fingerprint density at radius 3 is 2.69 bits per heavy atom. The number of hydrogen-bond acceptors (Lipinski definition) is 6. The molecule has 1 atom stereocenters. The Hall–Kier alpha value is -2.15. The number of aromatic nitrogens is 2. The first-order valence-corrected chi connectivity index (χ1v) is 9.27. The van der Waals surface area contributed by atoms with Crippen LogP contribution in [-0.2, 0) is 11.2 Å². The fraction of sp³-hybridized carbons (Fsp3) is 0.632. The zero-order valence-electron chi connectivity index (χ0n) is 15.3. The van der Waals surface area contributed by atoms with Gasteiger partial charge in [-0.3, -0.25) is 4.79 Å². The predicted molar refractivity (Wildman–Crippen MR) is 93.8 cm³/mol. The summed E-state index contributed by atoms with van der Waals surface area (Å²) in [5, 5.41) is 26.7. The molecule has 0 radical (unpaired) electrons. The molecule has 0 spiro atoms. The van der Waals surface area contributed by atoms with Crippen molar-refractivity contribution in [2.24, 2.45) is 5.92 Å². The van der Waals surface area contributed by atoms with E-state index in [4.69, 9.17) is 14.2 Å². The maximum atomic E-state index is 11.3. The van der Waals surface area contributed by atoms with Crippen molar-refractivity contribution in [3.05, 3.63) is 23.0 Å². The maximum absolute atomic E-state index is 11.3. The first kappa shape index (κ1) is 18.6. The molecular formula is C19H26N2O5. The van der Waals surface area contributed by atoms with Crippen molar-refractivity contribution in [3.63, 3.8) is 0 Å². The quantitative estimate of drug-likeness (QED) is 0.662. The minimum atomic E-state index is -0.877. The van der Waals surface area contributed by atoms with E-state index in [-0.39, 0.29) is 18.9 Å². The third-order valence-corrected chi connectivity index (χ3v) is 4.66. The van der Waals surface area contributed by atoms with Gasteiger partial charge in [0.15, 0.2) is 0 Å². The van der Waals surface area contributed by atoms with Gasteiger partial charge in [-0.1, -0.05) is 24.2 Å². The van der Waals surface area contributed by atoms with Crippen molar-refractivity contribution in [2.45, 2.75) is 64.2 Å². The Kier molecular flexibility index (Phi) is 5.76. The molecule has 2 heterocycles. The van der Waals surface area contributed by atoms with Gasteiger partial charge in [0, 0.05) is 24.2 Å². The van der Waals surface area contributed by atoms with Gasteiger partial charge in [0.2, 0.25) is 11.5 Å². The van der Waals surface area contributed by atoms with E-state index >= 15 is 0 Å². The van der Waals surface area contributed by atoms with Crippen LogP contribution in [0.5, 0.6) is 0 Å². The number of nitrogens with zero attached hydrogens (tertiary/aromatic N) is 2. The molecule has 0 amide bonds. The van der Waals surface area contributed by atoms with Crippen LogP contribution in [0, 0.1) is 5.92 Å². The van der Waals surface area contributed by atoms with Gasteiger partial charge in [-0.25, -0.2) is 0 Å². The summed E-state index contributed by atoms with van der Waals surface area (Å²) in [4.78, 5) is 11.3. The number of aliphatic hydroxyl groups is 1. The topological polar surface area (TPSA) is 110 Å². The van der Waals surface area contributed by atoms with Crippen LogP contribution in [0.3, 0.4) is 0 Å². The number of carbonyl (C=O) groups is 1. The molecule has 1 fully saturated rings. The van der Waals surface area contributed by atoms with Crippen LogP contribution in [0.15, 0.2) is 15.1 Å². The van der Waals surface area contributed by atoms with Crippen molar-refractivity contribution in [2.75, 3.05) is 6.61 Å². The third kappa shape index (κ3) is 4.33. The average molecular weight is 362 g/mol. The second-order valence-corrected chi connectivity index (χ2v) is 7.53. The van der Waals surface area contributed by atoms with Crippen LogP contribution in [0.2, 0.25) is 0 Å². The molecule has 2 aromatic rings. The van der Waals surface area contributed by atoms with Crippen LogP contribution in [-0.4, -0.2) is 33.1 Å². The Labute approximate surface area is 152 Å². The standard InChI is InChI=1S/C19H26N2O5/c1-11(2)8-14-10-15(25-20-14)19-17(12-5-6-12)18(21-26-19)13(4-3-7-22)9-16(23)24/h10-13,22H,3-9H2,1-2H3,(H,23,24)/t13-/m0/s1. The Bertz CT molecular complexity index is 745. The van der Waals surface area contributed by atoms with Crippen LogP contribution in [0.4, 0.5) is 0 Å². The average Bonchev–Trinajstić information content (AvgIpc) is 3.15. The van der Waals surface area contributed by atoms with Crippen molar-refractivity contribution >= 4 is 5.97 Å². The number of aliphatic hydroxyl groups excluding tert-OH is 1. The number of carboxylic acid groups (broad SMARTS) is 1. The molecule has 0 aliphatic heterocycles. The van der Waals surface area contributed by atoms with Gasteiger partial charge in [0.25, 0.3) is 0 Å². The largest absolute Gasteiger partial charge is 0.481 e. The van der Waals surface area contributed by atoms with Gasteiger partial charge in [-0.05, 0) is 43.9 Å². The van der Waals surface area contributed by atoms with Crippen LogP contribution in [0.25, 0.3) is 11.5 Å². The van der Waals surface area contributed by atoms with Crippen molar-refractivity contribution in [3.8, 4) is 11.5 Å². The van der Waals surface area contributed by atoms with E-state index in [9.17, 15) is 9.90 Å². The Morgan fingerprint density at radius 2 is 2.08 bits per heavy atom. The lowest BCUT2D eigenvalue weighted by atomic mass is 9.90. The zero-order chi connectivity index (χ0) is 18.7. The van der Waals surface area contributed by atoms with Gasteiger partial charge < -0.3 is 19.3 Å². The number of hydrogen-bond donors (Lipinski definition) is 2. The first-order chi connectivity index (χ1) is 12.5. The summed E-state index contributed by atoms with van der Waals surface area (Å²) in [5.74, 6) is 0.778. The second-order valence-electron chi connectivity index (χ2n) is 7.53. The van der Waals surface area contributed by atoms with E-state index in [1.54, 1.807) is 0 Å². The van der Waals surface area contributed by atoms with Crippen molar-refractivity contribution < 1.29 is 24.1 Å². The summed E-state index contributed by atoms with van der Waals surface area (Å²) in [7, 11) is 0. The fourth-order valence-corrected chi connectivity index (χ4v) is 3.37. The lowest BCUT2D eigenvalue weighted by Gasteiger charge is -2.13. The molecule has 0 aromatic carbocycles. The third-order valence-electron chi connectivity index (χ3n) is 4.66. The van der Waals surface area contributed by atoms with E-state index in [2.05, 4.69) is 24.2 Å². The van der Waals surface area contributed by atoms with E-state index in [1.165, 1.54) is 0 Å². The smallest absolute Gasteiger partial charge is 0.304 e. The minimum absolute atomic E-state index is 0.0271. The summed E-state index contributed by atoms with van der Waals surface area (Å²) in [5.41, 5.74) is 2.53. The molecule has 0 unspecified atom stereocenters. The lowest BCUT2D eigenvalue weighted by molar-refractivity contribution is -0.137. The van der Waals surface area contributed by atoms with Gasteiger partial charge in [0.1, 0.15) is 0 Å². The molecule has 1 aliphatic rings. The summed E-state index contributed by atoms with van der Waals surface area (Å²) >= 11 is 0. The van der Waals surface area contributed by atoms with Gasteiger partial charge >= 0.3 is 5.97 Å². The molecule has 0 saturated heterocycles. The molecule has 7 heteroatoms. The molecule has 7 nitrogen and oxygen atoms in total. The van der Waals surface area contributed by atoms with Crippen LogP contribution >= 0.6 is 0 Å². The highest BCUT2D eigenvalue weighted by Crippen LogP contribution is 2.48. The number of aliphatic carboxylic acids is 1. The summed E-state index contributed by atoms with van der Waals surface area (Å²) in [6.07, 6.45) is 3.96. The van der Waals surface area contributed by atoms with Gasteiger partial charge in [-0.15, -0.1) is 0 Å². The van der Waals surface area contributed by atoms with E-state index in [0.717, 1.165) is 30.5 Å². The van der Waals surface area contributed by atoms with E-state index in [1.807, 2.05) is 6.07 Å². The van der Waals surface area contributed by atoms with Crippen molar-refractivity contribution in [1.29, 1.82) is 0 Å². The second kappa shape index (κ2) is 8.03. The maximum Gasteiger partial charge on any atom is 0.304 e. The monoisotopic (exact) mass is 362 g/mol. The highest BCUT2D eigenvalue weighted by molar-refractivity contribution is 5.68. The zero-order valence-corrected chi connectivity index (χ0v) is 15.3. The highest BCUT2D eigenvalue weighted by Gasteiger charge is 2.37. The molecule has 26 heavy (non-hydrogen) atoms. The number of rotatable bonds is 10. The molecule has 1 aliphatic carbocycles. The van der Waals surface area contributed by atoms with E-state index in [0.29, 0.717) is 41.9 Å². The number of carboxylic acids is 1. The Morgan fingerprint density at radius 1 is 1.31 bits per heavy atom. The lowest BCUT2D eigenvalue weighted by Crippen LogP contribution is -2.09. The molecule has 2 N–H and O–H groups in total. The van der Waals surface area contributed by atoms with Gasteiger partial charge in [-0.2, -0.15) is 0 Å². The fourth-order valence-electron chi connectivity index (χ4n) is 3.37. The first-order valence-electron chi connectivity index (χ1n) is 9.27. The molecule has 3 rings (SSSR count). The summed E-state index contributed by atoms with van der Waals surface area (Å²) < 4.78 is 11.1. The van der Waals surface area contributed by atoms with Crippen LogP contribution in [0.1, 0.15) is 74.7 Å². The van der Waals surface area contributed by atoms with E-state index < -0.39 is 5.97 Å². The molecule has 2 aromatic heterocycles. The Balaban J connectivity index is 1.92. The minimum Gasteiger partial charge on any atom is -0.481 e. The SMILES string of the molecule is CC(C)Cc1cc(-c2onc([C@@H](CCCO)CC(=O)O)c2C2CC2)on1. The molecular weight excluding hydrogens is 336 g/mol. The van der Waals surface area contributed by atoms with Crippen LogP contribution < -0.4 is 0 Å². The summed E-state index contributed by atoms with van der Waals surface area (Å²) in [6, 6.07) is 1.89. The molecule has 1 saturated carbocycles. The molecule has 0 bridgehead atoms. The van der Waals surface area contributed by atoms with Gasteiger partial charge in [0.05, 0.1) is 17.8 Å². The normalized spacial score (nSPS) is 15.5. The predicted octanol–water partition coefficient (Wildman–Crippen LogP) is 3.74. The van der Waals surface area contributed by atoms with Crippen molar-refractivity contribution in [1.82, 2.24) is 10.3 Å².